The number of halogens is 1. The highest BCUT2D eigenvalue weighted by Crippen LogP contribution is 2.15. The van der Waals surface area contributed by atoms with Gasteiger partial charge in [-0.2, -0.15) is 0 Å². The van der Waals surface area contributed by atoms with Crippen molar-refractivity contribution in [2.24, 2.45) is 0 Å². The molecular weight excluding hydrogens is 312 g/mol. The second-order valence-electron chi connectivity index (χ2n) is 3.84. The molecule has 0 fully saturated rings. The Morgan fingerprint density at radius 1 is 1.47 bits per heavy atom. The quantitative estimate of drug-likeness (QED) is 0.859. The predicted molar refractivity (Wildman–Crippen MR) is 74.9 cm³/mol. The molecule has 2 aromatic rings. The summed E-state index contributed by atoms with van der Waals surface area (Å²) in [5, 5.41) is 7.10. The van der Waals surface area contributed by atoms with Crippen molar-refractivity contribution in [3.63, 3.8) is 0 Å². The van der Waals surface area contributed by atoms with Crippen molar-refractivity contribution in [2.75, 3.05) is 17.3 Å². The molecule has 0 radical (unpaired) electrons. The molecule has 1 N–H and O–H groups in total. The zero-order valence-corrected chi connectivity index (χ0v) is 11.9. The van der Waals surface area contributed by atoms with E-state index in [1.54, 1.807) is 37.3 Å². The van der Waals surface area contributed by atoms with Crippen LogP contribution in [0.4, 0.5) is 5.82 Å². The number of carbonyl (C=O) groups is 1. The van der Waals surface area contributed by atoms with Crippen LogP contribution in [0, 0.1) is 6.92 Å². The van der Waals surface area contributed by atoms with E-state index in [1.165, 1.54) is 0 Å². The fourth-order valence-corrected chi connectivity index (χ4v) is 1.66. The number of alkyl halides is 1. The topological polar surface area (TPSA) is 64.4 Å². The summed E-state index contributed by atoms with van der Waals surface area (Å²) in [6, 6.07) is 8.63. The van der Waals surface area contributed by atoms with Crippen LogP contribution >= 0.6 is 15.9 Å². The maximum absolute atomic E-state index is 12.0. The van der Waals surface area contributed by atoms with Gasteiger partial charge in [-0.3, -0.25) is 4.79 Å². The van der Waals surface area contributed by atoms with Crippen LogP contribution in [0.2, 0.25) is 0 Å². The maximum Gasteiger partial charge on any atom is 0.257 e. The Balaban J connectivity index is 2.06. The number of anilines is 1. The van der Waals surface area contributed by atoms with Gasteiger partial charge in [0.2, 0.25) is 0 Å². The molecule has 0 unspecified atom stereocenters. The average molecular weight is 325 g/mol. The molecule has 0 spiro atoms. The molecule has 1 aromatic carbocycles. The van der Waals surface area contributed by atoms with Crippen molar-refractivity contribution < 1.29 is 14.1 Å². The van der Waals surface area contributed by atoms with Gasteiger partial charge < -0.3 is 14.6 Å². The third-order valence-electron chi connectivity index (χ3n) is 2.31. The van der Waals surface area contributed by atoms with Gasteiger partial charge in [0.15, 0.2) is 5.82 Å². The fourth-order valence-electron chi connectivity index (χ4n) is 1.50. The number of ether oxygens (including phenoxy) is 1. The van der Waals surface area contributed by atoms with Crippen LogP contribution in [-0.2, 0) is 0 Å². The summed E-state index contributed by atoms with van der Waals surface area (Å²) in [4.78, 5) is 12.0. The van der Waals surface area contributed by atoms with Crippen molar-refractivity contribution in [2.45, 2.75) is 6.92 Å². The minimum absolute atomic E-state index is 0.252. The number of aromatic nitrogens is 1. The number of hydrogen-bond acceptors (Lipinski definition) is 4. The van der Waals surface area contributed by atoms with Gasteiger partial charge in [-0.1, -0.05) is 27.2 Å². The standard InChI is InChI=1S/C13H13BrN2O3/c1-9-7-12(16-19-9)15-13(17)10-3-2-4-11(8-10)18-6-5-14/h2-4,7-8H,5-6H2,1H3,(H,15,16,17). The lowest BCUT2D eigenvalue weighted by atomic mass is 10.2. The summed E-state index contributed by atoms with van der Waals surface area (Å²) in [5.41, 5.74) is 0.507. The molecule has 1 heterocycles. The van der Waals surface area contributed by atoms with Gasteiger partial charge in [-0.25, -0.2) is 0 Å². The SMILES string of the molecule is Cc1cc(NC(=O)c2cccc(OCCBr)c2)no1. The molecule has 5 nitrogen and oxygen atoms in total. The van der Waals surface area contributed by atoms with Crippen LogP contribution in [0.15, 0.2) is 34.9 Å². The third-order valence-corrected chi connectivity index (χ3v) is 2.64. The molecule has 19 heavy (non-hydrogen) atoms. The first kappa shape index (κ1) is 13.6. The summed E-state index contributed by atoms with van der Waals surface area (Å²) >= 11 is 3.28. The molecule has 0 atom stereocenters. The van der Waals surface area contributed by atoms with Gasteiger partial charge >= 0.3 is 0 Å². The number of carbonyl (C=O) groups excluding carboxylic acids is 1. The molecule has 0 aliphatic carbocycles. The molecule has 0 aliphatic rings. The molecule has 0 bridgehead atoms. The maximum atomic E-state index is 12.0. The summed E-state index contributed by atoms with van der Waals surface area (Å²) < 4.78 is 10.3. The lowest BCUT2D eigenvalue weighted by Gasteiger charge is -2.06. The van der Waals surface area contributed by atoms with E-state index in [0.29, 0.717) is 29.5 Å². The molecule has 0 aliphatic heterocycles. The largest absolute Gasteiger partial charge is 0.493 e. The Morgan fingerprint density at radius 2 is 2.32 bits per heavy atom. The van der Waals surface area contributed by atoms with E-state index in [4.69, 9.17) is 9.26 Å². The molecule has 100 valence electrons. The van der Waals surface area contributed by atoms with Crippen molar-refractivity contribution in [1.82, 2.24) is 5.16 Å². The lowest BCUT2D eigenvalue weighted by molar-refractivity contribution is 0.102. The minimum atomic E-state index is -0.252. The number of rotatable bonds is 5. The normalized spacial score (nSPS) is 10.2. The van der Waals surface area contributed by atoms with Gasteiger partial charge in [0.1, 0.15) is 11.5 Å². The monoisotopic (exact) mass is 324 g/mol. The smallest absolute Gasteiger partial charge is 0.257 e. The lowest BCUT2D eigenvalue weighted by Crippen LogP contribution is -2.12. The summed E-state index contributed by atoms with van der Waals surface area (Å²) in [6.07, 6.45) is 0. The zero-order chi connectivity index (χ0) is 13.7. The van der Waals surface area contributed by atoms with Gasteiger partial charge in [0.05, 0.1) is 6.61 Å². The molecule has 1 amide bonds. The van der Waals surface area contributed by atoms with Gasteiger partial charge in [-0.15, -0.1) is 0 Å². The van der Waals surface area contributed by atoms with E-state index >= 15 is 0 Å². The van der Waals surface area contributed by atoms with Crippen LogP contribution in [0.1, 0.15) is 16.1 Å². The first-order valence-electron chi connectivity index (χ1n) is 5.72. The Morgan fingerprint density at radius 3 is 3.00 bits per heavy atom. The fraction of sp³-hybridized carbons (Fsp3) is 0.231. The first-order chi connectivity index (χ1) is 9.19. The van der Waals surface area contributed by atoms with Crippen molar-refractivity contribution >= 4 is 27.7 Å². The van der Waals surface area contributed by atoms with Crippen LogP contribution in [0.25, 0.3) is 0 Å². The van der Waals surface area contributed by atoms with E-state index < -0.39 is 0 Å². The van der Waals surface area contributed by atoms with E-state index in [1.807, 2.05) is 0 Å². The number of hydrogen-bond donors (Lipinski definition) is 1. The zero-order valence-electron chi connectivity index (χ0n) is 10.4. The molecular formula is C13H13BrN2O3. The van der Waals surface area contributed by atoms with Crippen LogP contribution in [-0.4, -0.2) is 23.0 Å². The Bertz CT molecular complexity index is 569. The van der Waals surface area contributed by atoms with Crippen molar-refractivity contribution in [1.29, 1.82) is 0 Å². The van der Waals surface area contributed by atoms with Crippen LogP contribution in [0.5, 0.6) is 5.75 Å². The third kappa shape index (κ3) is 3.82. The first-order valence-corrected chi connectivity index (χ1v) is 6.84. The highest BCUT2D eigenvalue weighted by Gasteiger charge is 2.09. The molecule has 0 saturated carbocycles. The second kappa shape index (κ2) is 6.38. The van der Waals surface area contributed by atoms with Gasteiger partial charge in [-0.05, 0) is 25.1 Å². The number of nitrogens with one attached hydrogen (secondary N) is 1. The predicted octanol–water partition coefficient (Wildman–Crippen LogP) is 3.01. The molecule has 0 saturated heterocycles. The Labute approximate surface area is 119 Å². The second-order valence-corrected chi connectivity index (χ2v) is 4.64. The minimum Gasteiger partial charge on any atom is -0.493 e. The molecule has 6 heteroatoms. The van der Waals surface area contributed by atoms with Crippen LogP contribution in [0.3, 0.4) is 0 Å². The highest BCUT2D eigenvalue weighted by atomic mass is 79.9. The van der Waals surface area contributed by atoms with E-state index in [0.717, 1.165) is 5.33 Å². The number of aryl methyl sites for hydroxylation is 1. The number of amides is 1. The average Bonchev–Trinajstić information content (AvgIpc) is 2.82. The Kier molecular flexibility index (Phi) is 4.57. The molecule has 2 rings (SSSR count). The summed E-state index contributed by atoms with van der Waals surface area (Å²) in [5.74, 6) is 1.44. The van der Waals surface area contributed by atoms with E-state index in [2.05, 4.69) is 26.4 Å². The molecule has 1 aromatic heterocycles. The van der Waals surface area contributed by atoms with Crippen molar-refractivity contribution in [3.05, 3.63) is 41.7 Å². The van der Waals surface area contributed by atoms with Crippen LogP contribution < -0.4 is 10.1 Å². The van der Waals surface area contributed by atoms with Gasteiger partial charge in [0.25, 0.3) is 5.91 Å². The van der Waals surface area contributed by atoms with Gasteiger partial charge in [0, 0.05) is 17.0 Å². The van der Waals surface area contributed by atoms with E-state index in [-0.39, 0.29) is 5.91 Å². The highest BCUT2D eigenvalue weighted by molar-refractivity contribution is 9.09. The van der Waals surface area contributed by atoms with E-state index in [9.17, 15) is 4.79 Å². The Hall–Kier alpha value is -1.82. The summed E-state index contributed by atoms with van der Waals surface area (Å²) in [7, 11) is 0. The van der Waals surface area contributed by atoms with Crippen molar-refractivity contribution in [3.8, 4) is 5.75 Å². The summed E-state index contributed by atoms with van der Waals surface area (Å²) in [6.45, 7) is 2.31. The number of nitrogens with zero attached hydrogens (tertiary/aromatic N) is 1. The number of benzene rings is 1.